The van der Waals surface area contributed by atoms with Crippen molar-refractivity contribution in [1.29, 1.82) is 0 Å². The lowest BCUT2D eigenvalue weighted by Gasteiger charge is -2.06. The van der Waals surface area contributed by atoms with Crippen LogP contribution in [0.4, 0.5) is 0 Å². The molecular formula is C12H13ClN2O3S. The minimum Gasteiger partial charge on any atom is -0.364 e. The Hall–Kier alpha value is -1.37. The third-order valence-corrected chi connectivity index (χ3v) is 4.22. The van der Waals surface area contributed by atoms with Crippen LogP contribution in [-0.4, -0.2) is 20.1 Å². The van der Waals surface area contributed by atoms with E-state index >= 15 is 0 Å². The first-order valence-corrected chi connectivity index (χ1v) is 7.57. The van der Waals surface area contributed by atoms with Gasteiger partial charge in [0.05, 0.1) is 11.1 Å². The number of hydrogen-bond acceptors (Lipinski definition) is 4. The molecule has 0 aliphatic heterocycles. The van der Waals surface area contributed by atoms with E-state index in [1.54, 1.807) is 24.6 Å². The van der Waals surface area contributed by atoms with Gasteiger partial charge in [-0.3, -0.25) is 0 Å². The maximum absolute atomic E-state index is 11.9. The first-order chi connectivity index (χ1) is 9.08. The van der Waals surface area contributed by atoms with E-state index in [1.165, 1.54) is 12.1 Å². The van der Waals surface area contributed by atoms with E-state index in [1.807, 2.05) is 0 Å². The highest BCUT2D eigenvalue weighted by Crippen LogP contribution is 2.15. The third-order valence-electron chi connectivity index (χ3n) is 2.52. The molecule has 2 aromatic rings. The molecule has 1 heterocycles. The predicted molar refractivity (Wildman–Crippen MR) is 71.5 cm³/mol. The van der Waals surface area contributed by atoms with Gasteiger partial charge in [0.25, 0.3) is 0 Å². The molecule has 0 amide bonds. The molecule has 1 aromatic heterocycles. The summed E-state index contributed by atoms with van der Waals surface area (Å²) in [6, 6.07) is 6.17. The minimum atomic E-state index is -3.50. The molecule has 0 spiro atoms. The predicted octanol–water partition coefficient (Wildman–Crippen LogP) is 2.24. The molecule has 1 N–H and O–H groups in total. The SMILES string of the molecule is O=S(=O)(NCCCc1cnoc1)c1cccc(Cl)c1. The summed E-state index contributed by atoms with van der Waals surface area (Å²) in [5.41, 5.74) is 0.946. The van der Waals surface area contributed by atoms with E-state index in [2.05, 4.69) is 9.88 Å². The Labute approximate surface area is 116 Å². The van der Waals surface area contributed by atoms with Crippen LogP contribution in [0, 0.1) is 0 Å². The van der Waals surface area contributed by atoms with Crippen LogP contribution in [0.15, 0.2) is 46.1 Å². The summed E-state index contributed by atoms with van der Waals surface area (Å²) >= 11 is 5.77. The summed E-state index contributed by atoms with van der Waals surface area (Å²) in [4.78, 5) is 0.171. The van der Waals surface area contributed by atoms with Gasteiger partial charge in [-0.1, -0.05) is 22.8 Å². The van der Waals surface area contributed by atoms with Crippen molar-refractivity contribution in [2.75, 3.05) is 6.54 Å². The number of nitrogens with one attached hydrogen (secondary N) is 1. The maximum Gasteiger partial charge on any atom is 0.240 e. The smallest absolute Gasteiger partial charge is 0.240 e. The zero-order chi connectivity index (χ0) is 13.7. The normalized spacial score (nSPS) is 11.6. The molecule has 0 unspecified atom stereocenters. The minimum absolute atomic E-state index is 0.171. The monoisotopic (exact) mass is 300 g/mol. The molecule has 0 saturated heterocycles. The molecule has 5 nitrogen and oxygen atoms in total. The van der Waals surface area contributed by atoms with Crippen molar-refractivity contribution in [3.8, 4) is 0 Å². The first-order valence-electron chi connectivity index (χ1n) is 5.71. The lowest BCUT2D eigenvalue weighted by molar-refractivity contribution is 0.418. The highest BCUT2D eigenvalue weighted by atomic mass is 35.5. The number of sulfonamides is 1. The number of hydrogen-bond donors (Lipinski definition) is 1. The second-order valence-electron chi connectivity index (χ2n) is 3.99. The molecule has 0 bridgehead atoms. The third kappa shape index (κ3) is 4.05. The van der Waals surface area contributed by atoms with Gasteiger partial charge in [0, 0.05) is 17.1 Å². The van der Waals surface area contributed by atoms with E-state index in [9.17, 15) is 8.42 Å². The van der Waals surface area contributed by atoms with E-state index in [4.69, 9.17) is 16.1 Å². The highest BCUT2D eigenvalue weighted by molar-refractivity contribution is 7.89. The molecule has 0 fully saturated rings. The second kappa shape index (κ2) is 6.18. The van der Waals surface area contributed by atoms with Crippen molar-refractivity contribution in [1.82, 2.24) is 9.88 Å². The van der Waals surface area contributed by atoms with Gasteiger partial charge < -0.3 is 4.52 Å². The van der Waals surface area contributed by atoms with Crippen molar-refractivity contribution in [3.05, 3.63) is 47.3 Å². The molecule has 0 aliphatic carbocycles. The molecule has 2 rings (SSSR count). The zero-order valence-corrected chi connectivity index (χ0v) is 11.6. The fourth-order valence-electron chi connectivity index (χ4n) is 1.57. The molecule has 0 saturated carbocycles. The summed E-state index contributed by atoms with van der Waals surface area (Å²) in [7, 11) is -3.50. The van der Waals surface area contributed by atoms with Crippen LogP contribution in [0.25, 0.3) is 0 Å². The fraction of sp³-hybridized carbons (Fsp3) is 0.250. The van der Waals surface area contributed by atoms with Crippen molar-refractivity contribution in [2.45, 2.75) is 17.7 Å². The molecule has 0 radical (unpaired) electrons. The van der Waals surface area contributed by atoms with Crippen LogP contribution in [0.1, 0.15) is 12.0 Å². The standard InChI is InChI=1S/C12H13ClN2O3S/c13-11-4-1-5-12(7-11)19(16,17)15-6-2-3-10-8-14-18-9-10/h1,4-5,7-9,15H,2-3,6H2. The van der Waals surface area contributed by atoms with Crippen LogP contribution in [0.5, 0.6) is 0 Å². The van der Waals surface area contributed by atoms with Crippen molar-refractivity contribution >= 4 is 21.6 Å². The lowest BCUT2D eigenvalue weighted by Crippen LogP contribution is -2.25. The molecule has 7 heteroatoms. The van der Waals surface area contributed by atoms with E-state index in [0.717, 1.165) is 5.56 Å². The van der Waals surface area contributed by atoms with Gasteiger partial charge in [-0.25, -0.2) is 13.1 Å². The number of aryl methyl sites for hydroxylation is 1. The van der Waals surface area contributed by atoms with Crippen LogP contribution >= 0.6 is 11.6 Å². The summed E-state index contributed by atoms with van der Waals surface area (Å²) in [5.74, 6) is 0. The summed E-state index contributed by atoms with van der Waals surface area (Å²) in [6.07, 6.45) is 4.54. The Morgan fingerprint density at radius 1 is 1.37 bits per heavy atom. The molecular weight excluding hydrogens is 288 g/mol. The first kappa shape index (κ1) is 14.0. The van der Waals surface area contributed by atoms with Crippen LogP contribution in [0.3, 0.4) is 0 Å². The topological polar surface area (TPSA) is 72.2 Å². The Bertz CT molecular complexity index is 626. The van der Waals surface area contributed by atoms with E-state index in [0.29, 0.717) is 24.4 Å². The molecule has 0 aliphatic rings. The van der Waals surface area contributed by atoms with Crippen molar-refractivity contribution in [2.24, 2.45) is 0 Å². The Kier molecular flexibility index (Phi) is 4.57. The largest absolute Gasteiger partial charge is 0.364 e. The number of nitrogens with zero attached hydrogens (tertiary/aromatic N) is 1. The number of benzene rings is 1. The Balaban J connectivity index is 1.88. The number of aromatic nitrogens is 1. The molecule has 0 atom stereocenters. The summed E-state index contributed by atoms with van der Waals surface area (Å²) in [6.45, 7) is 0.347. The molecule has 19 heavy (non-hydrogen) atoms. The average molecular weight is 301 g/mol. The van der Waals surface area contributed by atoms with Crippen LogP contribution in [0.2, 0.25) is 5.02 Å². The van der Waals surface area contributed by atoms with E-state index < -0.39 is 10.0 Å². The van der Waals surface area contributed by atoms with Crippen LogP contribution in [-0.2, 0) is 16.4 Å². The Morgan fingerprint density at radius 3 is 2.89 bits per heavy atom. The molecule has 1 aromatic carbocycles. The maximum atomic E-state index is 11.9. The van der Waals surface area contributed by atoms with Gasteiger partial charge in [0.2, 0.25) is 10.0 Å². The number of rotatable bonds is 6. The van der Waals surface area contributed by atoms with E-state index in [-0.39, 0.29) is 4.90 Å². The zero-order valence-electron chi connectivity index (χ0n) is 10.0. The molecule has 102 valence electrons. The van der Waals surface area contributed by atoms with Gasteiger partial charge in [0.1, 0.15) is 6.26 Å². The van der Waals surface area contributed by atoms with Crippen molar-refractivity contribution in [3.63, 3.8) is 0 Å². The van der Waals surface area contributed by atoms with Crippen molar-refractivity contribution < 1.29 is 12.9 Å². The summed E-state index contributed by atoms with van der Waals surface area (Å²) in [5, 5.41) is 3.97. The van der Waals surface area contributed by atoms with Gasteiger partial charge in [-0.05, 0) is 31.0 Å². The highest BCUT2D eigenvalue weighted by Gasteiger charge is 2.13. The van der Waals surface area contributed by atoms with Crippen LogP contribution < -0.4 is 4.72 Å². The average Bonchev–Trinajstić information content (AvgIpc) is 2.88. The van der Waals surface area contributed by atoms with Gasteiger partial charge in [0.15, 0.2) is 0 Å². The number of halogens is 1. The fourth-order valence-corrected chi connectivity index (χ4v) is 2.94. The Morgan fingerprint density at radius 2 is 2.21 bits per heavy atom. The second-order valence-corrected chi connectivity index (χ2v) is 6.19. The van der Waals surface area contributed by atoms with Gasteiger partial charge in [-0.15, -0.1) is 0 Å². The quantitative estimate of drug-likeness (QED) is 0.830. The summed E-state index contributed by atoms with van der Waals surface area (Å²) < 4.78 is 31.1. The lowest BCUT2D eigenvalue weighted by atomic mass is 10.2. The van der Waals surface area contributed by atoms with Gasteiger partial charge in [-0.2, -0.15) is 0 Å². The van der Waals surface area contributed by atoms with Gasteiger partial charge >= 0.3 is 0 Å².